The Balaban J connectivity index is 1.38. The van der Waals surface area contributed by atoms with Crippen LogP contribution in [-0.2, 0) is 17.8 Å². The van der Waals surface area contributed by atoms with Crippen molar-refractivity contribution in [3.8, 4) is 5.75 Å². The molecule has 5 nitrogen and oxygen atoms in total. The van der Waals surface area contributed by atoms with Gasteiger partial charge in [-0.1, -0.05) is 12.1 Å². The Kier molecular flexibility index (Phi) is 7.91. The summed E-state index contributed by atoms with van der Waals surface area (Å²) in [7, 11) is 0. The Bertz CT molecular complexity index is 1160. The summed E-state index contributed by atoms with van der Waals surface area (Å²) in [6.45, 7) is 6.74. The number of piperazine rings is 1. The summed E-state index contributed by atoms with van der Waals surface area (Å²) in [4.78, 5) is 17.1. The monoisotopic (exact) mass is 483 g/mol. The molecule has 0 radical (unpaired) electrons. The van der Waals surface area contributed by atoms with E-state index in [9.17, 15) is 14.3 Å². The van der Waals surface area contributed by atoms with E-state index >= 15 is 0 Å². The summed E-state index contributed by atoms with van der Waals surface area (Å²) in [6.07, 6.45) is 5.23. The van der Waals surface area contributed by atoms with Gasteiger partial charge in [-0.25, -0.2) is 4.39 Å². The average molecular weight is 484 g/mol. The third kappa shape index (κ3) is 5.62. The number of benzene rings is 2. The van der Waals surface area contributed by atoms with Crippen LogP contribution in [0.25, 0.3) is 17.0 Å². The van der Waals surface area contributed by atoms with Gasteiger partial charge in [0.05, 0.1) is 0 Å². The van der Waals surface area contributed by atoms with Crippen LogP contribution >= 0.6 is 11.6 Å². The third-order valence-corrected chi connectivity index (χ3v) is 6.84. The molecule has 0 aliphatic carbocycles. The number of halogens is 2. The maximum absolute atomic E-state index is 13.1. The Labute approximate surface area is 205 Å². The van der Waals surface area contributed by atoms with E-state index in [2.05, 4.69) is 9.47 Å². The zero-order chi connectivity index (χ0) is 24.1. The van der Waals surface area contributed by atoms with Gasteiger partial charge in [-0.05, 0) is 61.7 Å². The molecule has 1 aliphatic rings. The van der Waals surface area contributed by atoms with Gasteiger partial charge in [0.1, 0.15) is 11.6 Å². The number of aromatic hydroxyl groups is 1. The molecule has 1 N–H and O–H groups in total. The number of carbonyl (C=O) groups excluding carboxylic acids is 1. The van der Waals surface area contributed by atoms with Gasteiger partial charge in [0.25, 0.3) is 0 Å². The van der Waals surface area contributed by atoms with E-state index in [1.165, 1.54) is 12.1 Å². The number of rotatable bonds is 8. The summed E-state index contributed by atoms with van der Waals surface area (Å²) in [6, 6.07) is 12.0. The van der Waals surface area contributed by atoms with Crippen LogP contribution in [0.15, 0.2) is 48.5 Å². The standard InChI is InChI=1S/C27H31ClFN3O2/c1-20-24(25-19-23(33)7-9-26(25)32(20)13-2-12-28)8-10-27(34)31-17-15-30(16-18-31)14-11-21-3-5-22(29)6-4-21/h3-10,19,33H,2,11-18H2,1H3. The molecule has 0 spiro atoms. The molecule has 1 aromatic heterocycles. The number of hydrogen-bond acceptors (Lipinski definition) is 3. The zero-order valence-electron chi connectivity index (χ0n) is 19.5. The van der Waals surface area contributed by atoms with Gasteiger partial charge in [0.2, 0.25) is 5.91 Å². The number of alkyl halides is 1. The molecule has 2 heterocycles. The topological polar surface area (TPSA) is 48.7 Å². The number of hydrogen-bond donors (Lipinski definition) is 1. The average Bonchev–Trinajstić information content (AvgIpc) is 3.10. The van der Waals surface area contributed by atoms with Crippen molar-refractivity contribution < 1.29 is 14.3 Å². The van der Waals surface area contributed by atoms with Gasteiger partial charge in [-0.15, -0.1) is 11.6 Å². The van der Waals surface area contributed by atoms with E-state index in [1.807, 2.05) is 36.1 Å². The maximum atomic E-state index is 13.1. The summed E-state index contributed by atoms with van der Waals surface area (Å²) >= 11 is 5.91. The highest BCUT2D eigenvalue weighted by Crippen LogP contribution is 2.30. The first-order chi connectivity index (χ1) is 16.5. The van der Waals surface area contributed by atoms with Crippen molar-refractivity contribution in [1.82, 2.24) is 14.4 Å². The van der Waals surface area contributed by atoms with E-state index in [4.69, 9.17) is 11.6 Å². The van der Waals surface area contributed by atoms with Crippen molar-refractivity contribution in [2.24, 2.45) is 0 Å². The lowest BCUT2D eigenvalue weighted by molar-refractivity contribution is -0.127. The molecule has 2 aromatic carbocycles. The summed E-state index contributed by atoms with van der Waals surface area (Å²) in [5, 5.41) is 10.9. The minimum Gasteiger partial charge on any atom is -0.508 e. The molecule has 7 heteroatoms. The van der Waals surface area contributed by atoms with Crippen molar-refractivity contribution in [2.75, 3.05) is 38.6 Å². The van der Waals surface area contributed by atoms with Gasteiger partial charge in [-0.3, -0.25) is 9.69 Å². The Morgan fingerprint density at radius 1 is 1.09 bits per heavy atom. The second kappa shape index (κ2) is 11.1. The predicted molar refractivity (Wildman–Crippen MR) is 136 cm³/mol. The molecule has 4 rings (SSSR count). The molecule has 1 aliphatic heterocycles. The van der Waals surface area contributed by atoms with Gasteiger partial charge in [-0.2, -0.15) is 0 Å². The summed E-state index contributed by atoms with van der Waals surface area (Å²) in [5.74, 6) is 0.575. The number of phenols is 1. The fraction of sp³-hybridized carbons (Fsp3) is 0.370. The molecule has 1 saturated heterocycles. The number of carbonyl (C=O) groups is 1. The van der Waals surface area contributed by atoms with Crippen molar-refractivity contribution in [2.45, 2.75) is 26.3 Å². The van der Waals surface area contributed by atoms with Crippen molar-refractivity contribution in [1.29, 1.82) is 0 Å². The number of aromatic nitrogens is 1. The highest BCUT2D eigenvalue weighted by atomic mass is 35.5. The smallest absolute Gasteiger partial charge is 0.246 e. The summed E-state index contributed by atoms with van der Waals surface area (Å²) in [5.41, 5.74) is 4.16. The number of phenolic OH excluding ortho intramolecular Hbond substituents is 1. The lowest BCUT2D eigenvalue weighted by atomic mass is 10.1. The Hall–Kier alpha value is -2.83. The van der Waals surface area contributed by atoms with Crippen molar-refractivity contribution in [3.63, 3.8) is 0 Å². The maximum Gasteiger partial charge on any atom is 0.246 e. The van der Waals surface area contributed by atoms with Crippen LogP contribution in [0.3, 0.4) is 0 Å². The van der Waals surface area contributed by atoms with Gasteiger partial charge in [0, 0.05) is 73.4 Å². The van der Waals surface area contributed by atoms with Crippen LogP contribution in [0.5, 0.6) is 5.75 Å². The molecular weight excluding hydrogens is 453 g/mol. The fourth-order valence-electron chi connectivity index (χ4n) is 4.60. The van der Waals surface area contributed by atoms with E-state index in [0.29, 0.717) is 19.0 Å². The second-order valence-corrected chi connectivity index (χ2v) is 9.15. The van der Waals surface area contributed by atoms with E-state index in [1.54, 1.807) is 18.2 Å². The molecule has 1 amide bonds. The lowest BCUT2D eigenvalue weighted by Gasteiger charge is -2.34. The first kappa shape index (κ1) is 24.3. The van der Waals surface area contributed by atoms with Gasteiger partial charge < -0.3 is 14.6 Å². The minimum absolute atomic E-state index is 0.000559. The summed E-state index contributed by atoms with van der Waals surface area (Å²) < 4.78 is 15.3. The number of amides is 1. The fourth-order valence-corrected chi connectivity index (χ4v) is 4.72. The molecule has 3 aromatic rings. The second-order valence-electron chi connectivity index (χ2n) is 8.77. The molecule has 34 heavy (non-hydrogen) atoms. The van der Waals surface area contributed by atoms with Crippen LogP contribution in [0.4, 0.5) is 4.39 Å². The SMILES string of the molecule is Cc1c(C=CC(=O)N2CCN(CCc3ccc(F)cc3)CC2)c2cc(O)ccc2n1CCCCl. The van der Waals surface area contributed by atoms with Crippen LogP contribution in [0.2, 0.25) is 0 Å². The number of aryl methyl sites for hydroxylation is 1. The first-order valence-electron chi connectivity index (χ1n) is 11.8. The highest BCUT2D eigenvalue weighted by molar-refractivity contribution is 6.17. The van der Waals surface area contributed by atoms with E-state index in [-0.39, 0.29) is 17.5 Å². The highest BCUT2D eigenvalue weighted by Gasteiger charge is 2.20. The van der Waals surface area contributed by atoms with Crippen LogP contribution in [-0.4, -0.2) is 64.0 Å². The minimum atomic E-state index is -0.212. The normalized spacial score (nSPS) is 15.0. The van der Waals surface area contributed by atoms with E-state index < -0.39 is 0 Å². The lowest BCUT2D eigenvalue weighted by Crippen LogP contribution is -2.48. The van der Waals surface area contributed by atoms with Crippen molar-refractivity contribution >= 4 is 34.5 Å². The molecule has 180 valence electrons. The Morgan fingerprint density at radius 3 is 2.53 bits per heavy atom. The van der Waals surface area contributed by atoms with Crippen LogP contribution in [0.1, 0.15) is 23.2 Å². The van der Waals surface area contributed by atoms with Crippen LogP contribution in [0, 0.1) is 12.7 Å². The molecule has 0 bridgehead atoms. The first-order valence-corrected chi connectivity index (χ1v) is 12.3. The molecule has 0 atom stereocenters. The Morgan fingerprint density at radius 2 is 1.82 bits per heavy atom. The van der Waals surface area contributed by atoms with Crippen LogP contribution < -0.4 is 0 Å². The molecule has 0 saturated carbocycles. The number of fused-ring (bicyclic) bond motifs is 1. The third-order valence-electron chi connectivity index (χ3n) is 6.58. The van der Waals surface area contributed by atoms with Crippen molar-refractivity contribution in [3.05, 3.63) is 71.2 Å². The largest absolute Gasteiger partial charge is 0.508 e. The quantitative estimate of drug-likeness (QED) is 0.369. The van der Waals surface area contributed by atoms with Gasteiger partial charge in [0.15, 0.2) is 0 Å². The van der Waals surface area contributed by atoms with E-state index in [0.717, 1.165) is 66.7 Å². The molecule has 0 unspecified atom stereocenters. The number of nitrogens with zero attached hydrogens (tertiary/aromatic N) is 3. The molecular formula is C27H31ClFN3O2. The van der Waals surface area contributed by atoms with Gasteiger partial charge >= 0.3 is 0 Å². The predicted octanol–water partition coefficient (Wildman–Crippen LogP) is 4.82. The zero-order valence-corrected chi connectivity index (χ0v) is 20.3. The molecule has 1 fully saturated rings.